The number of urea groups is 1. The summed E-state index contributed by atoms with van der Waals surface area (Å²) >= 11 is 0. The van der Waals surface area contributed by atoms with Crippen LogP contribution in [0.5, 0.6) is 11.5 Å². The Kier molecular flexibility index (Phi) is 5.71. The Labute approximate surface area is 156 Å². The van der Waals surface area contributed by atoms with E-state index < -0.39 is 22.0 Å². The fourth-order valence-corrected chi connectivity index (χ4v) is 4.28. The van der Waals surface area contributed by atoms with E-state index in [2.05, 4.69) is 10.6 Å². The van der Waals surface area contributed by atoms with Gasteiger partial charge in [0.25, 0.3) is 0 Å². The minimum atomic E-state index is -3.67. The SMILES string of the molecule is O=C(O)CCCNC(=O)NC1CN(S(=O)(=O)c2ccc3c(c2)OCCO3)C1. The zero-order valence-corrected chi connectivity index (χ0v) is 15.3. The molecule has 10 nitrogen and oxygen atoms in total. The van der Waals surface area contributed by atoms with E-state index in [1.165, 1.54) is 16.4 Å². The van der Waals surface area contributed by atoms with Crippen molar-refractivity contribution in [3.63, 3.8) is 0 Å². The lowest BCUT2D eigenvalue weighted by atomic mass is 10.2. The number of benzene rings is 1. The molecule has 3 rings (SSSR count). The van der Waals surface area contributed by atoms with E-state index in [0.717, 1.165) is 0 Å². The molecule has 1 fully saturated rings. The third-order valence-corrected chi connectivity index (χ3v) is 6.02. The first-order valence-corrected chi connectivity index (χ1v) is 9.96. The number of fused-ring (bicyclic) bond motifs is 1. The molecular weight excluding hydrogens is 378 g/mol. The minimum absolute atomic E-state index is 0.0226. The number of amides is 2. The minimum Gasteiger partial charge on any atom is -0.486 e. The van der Waals surface area contributed by atoms with Crippen molar-refractivity contribution in [3.05, 3.63) is 18.2 Å². The molecule has 0 aliphatic carbocycles. The number of hydrogen-bond acceptors (Lipinski definition) is 6. The van der Waals surface area contributed by atoms with E-state index in [1.807, 2.05) is 0 Å². The molecule has 2 aliphatic heterocycles. The first-order chi connectivity index (χ1) is 12.9. The predicted octanol–water partition coefficient (Wildman–Crippen LogP) is -0.00530. The smallest absolute Gasteiger partial charge is 0.315 e. The zero-order valence-electron chi connectivity index (χ0n) is 14.5. The molecule has 27 heavy (non-hydrogen) atoms. The fraction of sp³-hybridized carbons (Fsp3) is 0.500. The zero-order chi connectivity index (χ0) is 19.4. The molecule has 1 saturated heterocycles. The van der Waals surface area contributed by atoms with E-state index in [1.54, 1.807) is 6.07 Å². The maximum Gasteiger partial charge on any atom is 0.315 e. The van der Waals surface area contributed by atoms with Gasteiger partial charge in [0.05, 0.1) is 10.9 Å². The van der Waals surface area contributed by atoms with Gasteiger partial charge < -0.3 is 25.2 Å². The van der Waals surface area contributed by atoms with Crippen LogP contribution in [0, 0.1) is 0 Å². The average molecular weight is 399 g/mol. The molecule has 1 aromatic carbocycles. The van der Waals surface area contributed by atoms with Crippen LogP contribution in [-0.4, -0.2) is 68.7 Å². The van der Waals surface area contributed by atoms with Crippen molar-refractivity contribution in [1.29, 1.82) is 0 Å². The number of ether oxygens (including phenoxy) is 2. The molecule has 0 bridgehead atoms. The number of sulfonamides is 1. The summed E-state index contributed by atoms with van der Waals surface area (Å²) in [6.07, 6.45) is 0.309. The first-order valence-electron chi connectivity index (χ1n) is 8.52. The highest BCUT2D eigenvalue weighted by molar-refractivity contribution is 7.89. The Morgan fingerprint density at radius 1 is 1.19 bits per heavy atom. The van der Waals surface area contributed by atoms with Crippen LogP contribution in [0.3, 0.4) is 0 Å². The predicted molar refractivity (Wildman–Crippen MR) is 93.4 cm³/mol. The van der Waals surface area contributed by atoms with Crippen LogP contribution in [0.1, 0.15) is 12.8 Å². The van der Waals surface area contributed by atoms with Gasteiger partial charge in [-0.2, -0.15) is 4.31 Å². The fourth-order valence-electron chi connectivity index (χ4n) is 2.74. The molecule has 2 aliphatic rings. The van der Waals surface area contributed by atoms with Gasteiger partial charge in [-0.25, -0.2) is 13.2 Å². The largest absolute Gasteiger partial charge is 0.486 e. The standard InChI is InChI=1S/C16H21N3O7S/c20-15(21)2-1-5-17-16(22)18-11-9-19(10-11)27(23,24)12-3-4-13-14(8-12)26-7-6-25-13/h3-4,8,11H,1-2,5-7,9-10H2,(H,20,21)(H2,17,18,22). The molecule has 0 aromatic heterocycles. The molecule has 0 radical (unpaired) electrons. The van der Waals surface area contributed by atoms with Gasteiger partial charge in [-0.15, -0.1) is 0 Å². The third-order valence-electron chi connectivity index (χ3n) is 4.19. The lowest BCUT2D eigenvalue weighted by Crippen LogP contribution is -2.62. The van der Waals surface area contributed by atoms with E-state index in [0.29, 0.717) is 31.1 Å². The number of rotatable bonds is 7. The second-order valence-corrected chi connectivity index (χ2v) is 8.16. The lowest BCUT2D eigenvalue weighted by molar-refractivity contribution is -0.137. The highest BCUT2D eigenvalue weighted by atomic mass is 32.2. The molecule has 2 amide bonds. The van der Waals surface area contributed by atoms with Crippen molar-refractivity contribution in [3.8, 4) is 11.5 Å². The van der Waals surface area contributed by atoms with Gasteiger partial charge in [-0.3, -0.25) is 4.79 Å². The number of carbonyl (C=O) groups is 2. The number of carbonyl (C=O) groups excluding carboxylic acids is 1. The maximum atomic E-state index is 12.7. The second kappa shape index (κ2) is 8.01. The van der Waals surface area contributed by atoms with Crippen molar-refractivity contribution < 1.29 is 32.6 Å². The number of carboxylic acids is 1. The van der Waals surface area contributed by atoms with Gasteiger partial charge in [-0.05, 0) is 18.6 Å². The van der Waals surface area contributed by atoms with Crippen molar-refractivity contribution in [1.82, 2.24) is 14.9 Å². The summed E-state index contributed by atoms with van der Waals surface area (Å²) in [5.41, 5.74) is 0. The van der Waals surface area contributed by atoms with Crippen molar-refractivity contribution in [2.45, 2.75) is 23.8 Å². The van der Waals surface area contributed by atoms with Gasteiger partial charge >= 0.3 is 12.0 Å². The number of nitrogens with one attached hydrogen (secondary N) is 2. The molecule has 11 heteroatoms. The van der Waals surface area contributed by atoms with E-state index in [9.17, 15) is 18.0 Å². The highest BCUT2D eigenvalue weighted by Crippen LogP contribution is 2.33. The normalized spacial score (nSPS) is 17.0. The molecule has 0 atom stereocenters. The Morgan fingerprint density at radius 3 is 2.59 bits per heavy atom. The summed E-state index contributed by atoms with van der Waals surface area (Å²) in [5, 5.41) is 13.7. The van der Waals surface area contributed by atoms with Gasteiger partial charge in [0.15, 0.2) is 11.5 Å². The van der Waals surface area contributed by atoms with Crippen molar-refractivity contribution in [2.75, 3.05) is 32.8 Å². The molecular formula is C16H21N3O7S. The van der Waals surface area contributed by atoms with Gasteiger partial charge in [0, 0.05) is 32.1 Å². The molecule has 148 valence electrons. The topological polar surface area (TPSA) is 134 Å². The van der Waals surface area contributed by atoms with Crippen LogP contribution < -0.4 is 20.1 Å². The van der Waals surface area contributed by atoms with Gasteiger partial charge in [-0.1, -0.05) is 0 Å². The monoisotopic (exact) mass is 399 g/mol. The van der Waals surface area contributed by atoms with Crippen molar-refractivity contribution >= 4 is 22.0 Å². The van der Waals surface area contributed by atoms with E-state index in [4.69, 9.17) is 14.6 Å². The van der Waals surface area contributed by atoms with Crippen LogP contribution in [0.15, 0.2) is 23.1 Å². The second-order valence-electron chi connectivity index (χ2n) is 6.22. The Bertz CT molecular complexity index is 821. The molecule has 0 unspecified atom stereocenters. The van der Waals surface area contributed by atoms with E-state index in [-0.39, 0.29) is 37.0 Å². The summed E-state index contributed by atoms with van der Waals surface area (Å²) < 4.78 is 37.4. The average Bonchev–Trinajstić information content (AvgIpc) is 2.60. The Morgan fingerprint density at radius 2 is 1.89 bits per heavy atom. The summed E-state index contributed by atoms with van der Waals surface area (Å²) in [4.78, 5) is 22.2. The maximum absolute atomic E-state index is 12.7. The molecule has 1 aromatic rings. The number of nitrogens with zero attached hydrogens (tertiary/aromatic N) is 1. The van der Waals surface area contributed by atoms with Gasteiger partial charge in [0.1, 0.15) is 13.2 Å². The number of hydrogen-bond donors (Lipinski definition) is 3. The number of carboxylic acid groups (broad SMARTS) is 1. The van der Waals surface area contributed by atoms with Crippen LogP contribution >= 0.6 is 0 Å². The summed E-state index contributed by atoms with van der Waals surface area (Å²) in [5.74, 6) is -0.00243. The van der Waals surface area contributed by atoms with Crippen LogP contribution in [-0.2, 0) is 14.8 Å². The highest BCUT2D eigenvalue weighted by Gasteiger charge is 2.38. The van der Waals surface area contributed by atoms with Crippen molar-refractivity contribution in [2.24, 2.45) is 0 Å². The van der Waals surface area contributed by atoms with Gasteiger partial charge in [0.2, 0.25) is 10.0 Å². The van der Waals surface area contributed by atoms with Crippen LogP contribution in [0.25, 0.3) is 0 Å². The third kappa shape index (κ3) is 4.61. The van der Waals surface area contributed by atoms with E-state index >= 15 is 0 Å². The van der Waals surface area contributed by atoms with Crippen LogP contribution in [0.4, 0.5) is 4.79 Å². The molecule has 0 spiro atoms. The van der Waals surface area contributed by atoms with Crippen LogP contribution in [0.2, 0.25) is 0 Å². The first kappa shape index (κ1) is 19.2. The Balaban J connectivity index is 1.48. The molecule has 0 saturated carbocycles. The quantitative estimate of drug-likeness (QED) is 0.549. The lowest BCUT2D eigenvalue weighted by Gasteiger charge is -2.38. The number of aliphatic carboxylic acids is 1. The summed E-state index contributed by atoms with van der Waals surface area (Å²) in [6, 6.07) is 3.75. The Hall–Kier alpha value is -2.53. The molecule has 2 heterocycles. The summed E-state index contributed by atoms with van der Waals surface area (Å²) in [6.45, 7) is 1.37. The molecule has 3 N–H and O–H groups in total. The summed E-state index contributed by atoms with van der Waals surface area (Å²) in [7, 11) is -3.67.